The summed E-state index contributed by atoms with van der Waals surface area (Å²) in [7, 11) is 0. The zero-order valence-electron chi connectivity index (χ0n) is 49.3. The van der Waals surface area contributed by atoms with Crippen LogP contribution in [0.15, 0.2) is 46.0 Å². The average Bonchev–Trinajstić information content (AvgIpc) is 1.79. The number of halogens is 6. The van der Waals surface area contributed by atoms with Crippen molar-refractivity contribution in [2.75, 3.05) is 109 Å². The fourth-order valence-corrected chi connectivity index (χ4v) is 12.1. The van der Waals surface area contributed by atoms with E-state index < -0.39 is 52.5 Å². The number of aromatic nitrogens is 8. The molecule has 24 nitrogen and oxygen atoms in total. The summed E-state index contributed by atoms with van der Waals surface area (Å²) in [5.41, 5.74) is 0.195. The molecule has 2 aromatic carbocycles. The molecule has 3 amide bonds. The predicted molar refractivity (Wildman–Crippen MR) is 309 cm³/mol. The molecule has 12 heterocycles. The predicted octanol–water partition coefficient (Wildman–Crippen LogP) is 5.26. The highest BCUT2D eigenvalue weighted by molar-refractivity contribution is 5.92. The van der Waals surface area contributed by atoms with Gasteiger partial charge in [0, 0.05) is 103 Å². The monoisotopic (exact) mass is 1220 g/mol. The first kappa shape index (κ1) is 60.7. The van der Waals surface area contributed by atoms with Crippen molar-refractivity contribution in [2.45, 2.75) is 130 Å². The summed E-state index contributed by atoms with van der Waals surface area (Å²) in [6.45, 7) is 18.1. The first-order valence-corrected chi connectivity index (χ1v) is 29.2. The SMILES string of the molecule is CCc1c(N2CCN(C(=O)OC(C)(C)C)CC2)c(=O)n2nc(N3CC4CC(C3)O4)nc2n1CC(=O)Nc1ccc(C(F)(F)F)cc1C.CCc1c(N2CCNCC2)c(=O)n2nc(N3CC4CC(C3)O4)nc2n1CC(=O)Nc1ccc(C(F)(F)F)cc1C. The lowest BCUT2D eigenvalue weighted by Gasteiger charge is -2.46. The van der Waals surface area contributed by atoms with Gasteiger partial charge < -0.3 is 63.8 Å². The minimum absolute atomic E-state index is 0.0694. The fourth-order valence-electron chi connectivity index (χ4n) is 12.1. The number of amides is 3. The summed E-state index contributed by atoms with van der Waals surface area (Å²) in [4.78, 5) is 86.4. The highest BCUT2D eigenvalue weighted by Crippen LogP contribution is 2.35. The van der Waals surface area contributed by atoms with E-state index in [0.717, 1.165) is 37.1 Å². The van der Waals surface area contributed by atoms with Crippen LogP contribution in [0, 0.1) is 13.8 Å². The van der Waals surface area contributed by atoms with Crippen LogP contribution in [0.3, 0.4) is 0 Å². The first-order chi connectivity index (χ1) is 41.2. The van der Waals surface area contributed by atoms with Crippen molar-refractivity contribution in [2.24, 2.45) is 0 Å². The van der Waals surface area contributed by atoms with Crippen molar-refractivity contribution >= 4 is 64.1 Å². The Balaban J connectivity index is 0.000000182. The summed E-state index contributed by atoms with van der Waals surface area (Å²) >= 11 is 0. The van der Waals surface area contributed by atoms with Crippen molar-refractivity contribution in [1.82, 2.24) is 48.5 Å². The van der Waals surface area contributed by atoms with E-state index in [-0.39, 0.29) is 71.6 Å². The Morgan fingerprint density at radius 1 is 0.609 bits per heavy atom. The van der Waals surface area contributed by atoms with Crippen LogP contribution < -0.4 is 46.7 Å². The van der Waals surface area contributed by atoms with Gasteiger partial charge in [0.15, 0.2) is 0 Å². The second-order valence-corrected chi connectivity index (χ2v) is 23.7. The zero-order valence-corrected chi connectivity index (χ0v) is 49.3. The number of hydrogen-bond donors (Lipinski definition) is 3. The lowest BCUT2D eigenvalue weighted by molar-refractivity contribution is -0.138. The van der Waals surface area contributed by atoms with Crippen molar-refractivity contribution in [3.63, 3.8) is 0 Å². The number of piperazine rings is 2. The normalized spacial score (nSPS) is 20.4. The summed E-state index contributed by atoms with van der Waals surface area (Å²) in [6.07, 6.45) is -6.27. The highest BCUT2D eigenvalue weighted by Gasteiger charge is 2.42. The summed E-state index contributed by atoms with van der Waals surface area (Å²) in [5, 5.41) is 17.9. The molecule has 6 aromatic rings. The van der Waals surface area contributed by atoms with Crippen molar-refractivity contribution in [3.8, 4) is 0 Å². The molecule has 4 bridgehead atoms. The van der Waals surface area contributed by atoms with Crippen LogP contribution in [-0.4, -0.2) is 170 Å². The van der Waals surface area contributed by atoms with Crippen molar-refractivity contribution in [3.05, 3.63) is 90.7 Å². The van der Waals surface area contributed by atoms with Gasteiger partial charge in [-0.05, 0) is 95.0 Å². The van der Waals surface area contributed by atoms with Crippen molar-refractivity contribution < 1.29 is 54.9 Å². The molecule has 8 aliphatic heterocycles. The number of carbonyl (C=O) groups is 3. The molecule has 468 valence electrons. The van der Waals surface area contributed by atoms with Gasteiger partial charge in [-0.2, -0.15) is 45.3 Å². The average molecular weight is 1220 g/mol. The summed E-state index contributed by atoms with van der Waals surface area (Å²) < 4.78 is 102. The van der Waals surface area contributed by atoms with E-state index in [2.05, 4.69) is 26.1 Å². The van der Waals surface area contributed by atoms with Gasteiger partial charge in [-0.1, -0.05) is 13.8 Å². The van der Waals surface area contributed by atoms with E-state index in [9.17, 15) is 50.3 Å². The van der Waals surface area contributed by atoms with Crippen LogP contribution >= 0.6 is 0 Å². The van der Waals surface area contributed by atoms with Gasteiger partial charge in [0.1, 0.15) is 30.1 Å². The summed E-state index contributed by atoms with van der Waals surface area (Å²) in [6, 6.07) is 6.33. The topological polar surface area (TPSA) is 236 Å². The Bertz CT molecular complexity index is 3720. The molecule has 8 saturated heterocycles. The maximum atomic E-state index is 14.1. The lowest BCUT2D eigenvalue weighted by atomic mass is 9.99. The minimum Gasteiger partial charge on any atom is -0.444 e. The number of carbonyl (C=O) groups excluding carboxylic acids is 3. The quantitative estimate of drug-likeness (QED) is 0.133. The van der Waals surface area contributed by atoms with Gasteiger partial charge in [0.25, 0.3) is 11.1 Å². The molecular weight excluding hydrogens is 1150 g/mol. The molecule has 3 N–H and O–H groups in total. The third-order valence-electron chi connectivity index (χ3n) is 16.3. The van der Waals surface area contributed by atoms with Crippen LogP contribution in [0.25, 0.3) is 11.6 Å². The first-order valence-electron chi connectivity index (χ1n) is 29.2. The number of nitrogens with one attached hydrogen (secondary N) is 3. The molecule has 4 unspecified atom stereocenters. The molecule has 0 radical (unpaired) electrons. The van der Waals surface area contributed by atoms with Crippen molar-refractivity contribution in [1.29, 1.82) is 0 Å². The minimum atomic E-state index is -4.51. The van der Waals surface area contributed by atoms with Gasteiger partial charge in [-0.3, -0.25) is 19.2 Å². The molecule has 87 heavy (non-hydrogen) atoms. The fraction of sp³-hybridized carbons (Fsp3) is 0.561. The number of fused-ring (bicyclic) bond motifs is 6. The molecule has 4 atom stereocenters. The number of nitrogens with zero attached hydrogens (tertiary/aromatic N) is 13. The molecule has 0 saturated carbocycles. The molecule has 0 aliphatic carbocycles. The van der Waals surface area contributed by atoms with Crippen LogP contribution in [0.4, 0.5) is 65.8 Å². The Kier molecular flexibility index (Phi) is 16.5. The van der Waals surface area contributed by atoms with Gasteiger partial charge in [0.2, 0.25) is 35.3 Å². The second kappa shape index (κ2) is 23.6. The van der Waals surface area contributed by atoms with E-state index >= 15 is 0 Å². The molecular formula is C57H70F6N16O8. The Morgan fingerprint density at radius 3 is 1.36 bits per heavy atom. The highest BCUT2D eigenvalue weighted by atomic mass is 19.4. The van der Waals surface area contributed by atoms with Gasteiger partial charge in [-0.15, -0.1) is 10.2 Å². The molecule has 14 rings (SSSR count). The van der Waals surface area contributed by atoms with Gasteiger partial charge >= 0.3 is 18.4 Å². The maximum absolute atomic E-state index is 14.1. The molecule has 8 aliphatic rings. The number of aryl methyl sites for hydroxylation is 2. The maximum Gasteiger partial charge on any atom is 0.416 e. The third-order valence-corrected chi connectivity index (χ3v) is 16.3. The van der Waals surface area contributed by atoms with E-state index in [4.69, 9.17) is 24.2 Å². The lowest BCUT2D eigenvalue weighted by Crippen LogP contribution is -2.57. The number of rotatable bonds is 12. The van der Waals surface area contributed by atoms with Crippen LogP contribution in [0.1, 0.15) is 81.1 Å². The number of ether oxygens (including phenoxy) is 3. The number of anilines is 6. The van der Waals surface area contributed by atoms with Gasteiger partial charge in [0.05, 0.1) is 46.9 Å². The van der Waals surface area contributed by atoms with Crippen LogP contribution in [0.5, 0.6) is 0 Å². The Labute approximate surface area is 495 Å². The third kappa shape index (κ3) is 12.6. The smallest absolute Gasteiger partial charge is 0.416 e. The largest absolute Gasteiger partial charge is 0.444 e. The molecule has 8 fully saturated rings. The number of hydrogen-bond acceptors (Lipinski definition) is 17. The van der Waals surface area contributed by atoms with E-state index in [0.29, 0.717) is 132 Å². The Hall–Kier alpha value is -7.99. The second-order valence-electron chi connectivity index (χ2n) is 23.7. The van der Waals surface area contributed by atoms with E-state index in [1.165, 1.54) is 35.0 Å². The van der Waals surface area contributed by atoms with E-state index in [1.54, 1.807) is 34.8 Å². The molecule has 0 spiro atoms. The number of piperidine rings is 2. The Morgan fingerprint density at radius 2 is 1.00 bits per heavy atom. The summed E-state index contributed by atoms with van der Waals surface area (Å²) in [5.74, 6) is 0.217. The molecule has 30 heteroatoms. The zero-order chi connectivity index (χ0) is 62.0. The van der Waals surface area contributed by atoms with Gasteiger partial charge in [-0.25, -0.2) is 4.79 Å². The molecule has 4 aromatic heterocycles. The number of alkyl halides is 6. The number of morpholine rings is 2. The van der Waals surface area contributed by atoms with Crippen LogP contribution in [-0.2, 0) is 62.1 Å². The standard InChI is InChI=1S/C31H39F3N8O5.C26H31F3N8O3/c1-6-23-25(38-9-11-39(12-10-38)29(45)47-30(3,4)5)26(44)42-28(36-27(37-42)40-15-20-14-21(16-40)46-20)41(23)17-24(43)35-22-8-7-19(13-18(22)2)31(32,33)34;1-3-20-22(34-8-6-30-7-9-34)23(39)37-25(32-24(33-37)35-12-17-11-18(13-35)40-17)36(20)14-21(38)31-19-5-4-16(10-15(19)2)26(27,28)29/h7-8,13,20-21H,6,9-12,14-17H2,1-5H3,(H,35,43);4-5,10,17-18,30H,3,6-9,11-14H2,1-2H3,(H,31,38). The van der Waals surface area contributed by atoms with Crippen LogP contribution in [0.2, 0.25) is 0 Å². The number of benzene rings is 2. The van der Waals surface area contributed by atoms with E-state index in [1.807, 2.05) is 33.4 Å².